The van der Waals surface area contributed by atoms with Crippen LogP contribution in [0.15, 0.2) is 72.8 Å². The van der Waals surface area contributed by atoms with Crippen LogP contribution >= 0.6 is 0 Å². The van der Waals surface area contributed by atoms with Gasteiger partial charge in [-0.3, -0.25) is 15.0 Å². The van der Waals surface area contributed by atoms with Gasteiger partial charge in [0.15, 0.2) is 0 Å². The number of methoxy groups -OCH3 is 1. The second-order valence-corrected chi connectivity index (χ2v) is 10.2. The van der Waals surface area contributed by atoms with E-state index in [0.717, 1.165) is 47.6 Å². The highest BCUT2D eigenvalue weighted by molar-refractivity contribution is 5.93. The van der Waals surface area contributed by atoms with Gasteiger partial charge in [-0.1, -0.05) is 48.5 Å². The number of benzene rings is 3. The monoisotopic (exact) mass is 483 g/mol. The minimum Gasteiger partial charge on any atom is -0.497 e. The Morgan fingerprint density at radius 3 is 2.67 bits per heavy atom. The van der Waals surface area contributed by atoms with Crippen molar-refractivity contribution in [1.82, 2.24) is 9.88 Å². The fourth-order valence-corrected chi connectivity index (χ4v) is 6.52. The quantitative estimate of drug-likeness (QED) is 0.316. The summed E-state index contributed by atoms with van der Waals surface area (Å²) in [7, 11) is 1.65. The smallest absolute Gasteiger partial charge is 0.279 e. The number of nitrogens with zero attached hydrogens (tertiary/aromatic N) is 2. The largest absolute Gasteiger partial charge is 0.497 e. The number of nitrogens with one attached hydrogen (secondary N) is 1. The topological polar surface area (TPSA) is 91.6 Å². The molecule has 1 saturated heterocycles. The molecule has 184 valence electrons. The highest BCUT2D eigenvalue weighted by atomic mass is 16.6. The zero-order chi connectivity index (χ0) is 24.9. The third kappa shape index (κ3) is 3.50. The zero-order valence-corrected chi connectivity index (χ0v) is 20.2. The summed E-state index contributed by atoms with van der Waals surface area (Å²) in [4.78, 5) is 17.3. The molecular formula is C29H29N3O4. The van der Waals surface area contributed by atoms with Crippen LogP contribution in [0.2, 0.25) is 0 Å². The van der Waals surface area contributed by atoms with Crippen LogP contribution in [0, 0.1) is 10.1 Å². The van der Waals surface area contributed by atoms with Crippen LogP contribution in [0.25, 0.3) is 10.9 Å². The molecule has 1 aliphatic heterocycles. The van der Waals surface area contributed by atoms with Gasteiger partial charge < -0.3 is 14.8 Å². The Morgan fingerprint density at radius 2 is 1.89 bits per heavy atom. The molecule has 6 rings (SSSR count). The number of aromatic amines is 1. The number of nitro benzene ring substituents is 1. The van der Waals surface area contributed by atoms with Crippen LogP contribution in [0.1, 0.15) is 28.8 Å². The number of H-pyrrole nitrogens is 1. The van der Waals surface area contributed by atoms with E-state index in [0.29, 0.717) is 24.8 Å². The minimum atomic E-state index is -1.11. The SMILES string of the molecule is COc1cccc(C23CCN(Cc4ccccc4)CC2(O)Cc2c([nH]c4cccc([N+](=O)[O-])c24)C3)c1. The third-order valence-electron chi connectivity index (χ3n) is 8.24. The lowest BCUT2D eigenvalue weighted by molar-refractivity contribution is -0.383. The average molecular weight is 484 g/mol. The number of non-ortho nitro benzene ring substituents is 1. The number of likely N-dealkylation sites (tertiary alicyclic amines) is 1. The van der Waals surface area contributed by atoms with E-state index in [2.05, 4.69) is 28.1 Å². The van der Waals surface area contributed by atoms with Gasteiger partial charge in [-0.2, -0.15) is 0 Å². The van der Waals surface area contributed by atoms with Gasteiger partial charge in [-0.25, -0.2) is 0 Å². The van der Waals surface area contributed by atoms with Crippen molar-refractivity contribution in [3.63, 3.8) is 0 Å². The summed E-state index contributed by atoms with van der Waals surface area (Å²) in [6.07, 6.45) is 1.69. The van der Waals surface area contributed by atoms with Gasteiger partial charge in [0.25, 0.3) is 5.69 Å². The van der Waals surface area contributed by atoms with Gasteiger partial charge >= 0.3 is 0 Å². The second-order valence-electron chi connectivity index (χ2n) is 10.2. The molecule has 0 radical (unpaired) electrons. The number of aliphatic hydroxyl groups is 1. The number of ether oxygens (including phenoxy) is 1. The number of hydrogen-bond acceptors (Lipinski definition) is 5. The maximum absolute atomic E-state index is 12.6. The fourth-order valence-electron chi connectivity index (χ4n) is 6.52. The summed E-state index contributed by atoms with van der Waals surface area (Å²) >= 11 is 0. The van der Waals surface area contributed by atoms with E-state index in [9.17, 15) is 15.2 Å². The Bertz CT molecular complexity index is 1450. The van der Waals surface area contributed by atoms with Crippen LogP contribution in [0.3, 0.4) is 0 Å². The van der Waals surface area contributed by atoms with Crippen molar-refractivity contribution in [1.29, 1.82) is 0 Å². The molecule has 4 aromatic rings. The Balaban J connectivity index is 1.49. The second kappa shape index (κ2) is 8.47. The normalized spacial score (nSPS) is 23.7. The van der Waals surface area contributed by atoms with Gasteiger partial charge in [-0.15, -0.1) is 0 Å². The van der Waals surface area contributed by atoms with E-state index >= 15 is 0 Å². The number of nitro groups is 1. The van der Waals surface area contributed by atoms with Gasteiger partial charge in [0.05, 0.1) is 28.5 Å². The Hall–Kier alpha value is -3.68. The molecule has 0 saturated carbocycles. The van der Waals surface area contributed by atoms with Crippen molar-refractivity contribution < 1.29 is 14.8 Å². The predicted molar refractivity (Wildman–Crippen MR) is 138 cm³/mol. The standard InChI is InChI=1S/C29H29N3O4/c1-36-22-10-5-9-21(15-22)28-13-14-31(18-20-7-3-2-4-8-20)19-29(28,33)16-23-25(17-28)30-24-11-6-12-26(27(23)24)32(34)35/h2-12,15,30,33H,13-14,16-19H2,1H3. The number of rotatable bonds is 5. The molecule has 2 atom stereocenters. The first-order chi connectivity index (χ1) is 17.4. The lowest BCUT2D eigenvalue weighted by atomic mass is 9.56. The van der Waals surface area contributed by atoms with Crippen molar-refractivity contribution in [2.45, 2.75) is 36.8 Å². The van der Waals surface area contributed by atoms with Crippen LogP contribution in [0.4, 0.5) is 5.69 Å². The van der Waals surface area contributed by atoms with Crippen LogP contribution in [-0.2, 0) is 24.8 Å². The minimum absolute atomic E-state index is 0.0828. The zero-order valence-electron chi connectivity index (χ0n) is 20.2. The molecule has 1 aliphatic carbocycles. The number of fused-ring (bicyclic) bond motifs is 4. The summed E-state index contributed by atoms with van der Waals surface area (Å²) in [5.41, 5.74) is 3.26. The van der Waals surface area contributed by atoms with Gasteiger partial charge in [0.2, 0.25) is 0 Å². The molecule has 0 bridgehead atoms. The first-order valence-corrected chi connectivity index (χ1v) is 12.3. The van der Waals surface area contributed by atoms with E-state index in [1.807, 2.05) is 42.5 Å². The summed E-state index contributed by atoms with van der Waals surface area (Å²) < 4.78 is 5.54. The predicted octanol–water partition coefficient (Wildman–Crippen LogP) is 4.76. The van der Waals surface area contributed by atoms with Gasteiger partial charge in [0.1, 0.15) is 5.75 Å². The first kappa shape index (κ1) is 22.8. The number of aromatic nitrogens is 1. The Morgan fingerprint density at radius 1 is 1.08 bits per heavy atom. The lowest BCUT2D eigenvalue weighted by Gasteiger charge is -2.56. The molecule has 0 amide bonds. The van der Waals surface area contributed by atoms with E-state index in [-0.39, 0.29) is 10.6 Å². The molecule has 2 unspecified atom stereocenters. The first-order valence-electron chi connectivity index (χ1n) is 12.3. The van der Waals surface area contributed by atoms with Crippen LogP contribution in [0.5, 0.6) is 5.75 Å². The van der Waals surface area contributed by atoms with Crippen molar-refractivity contribution in [3.8, 4) is 5.75 Å². The number of piperidine rings is 1. The van der Waals surface area contributed by atoms with Gasteiger partial charge in [0, 0.05) is 43.1 Å². The Kier molecular flexibility index (Phi) is 5.35. The van der Waals surface area contributed by atoms with Crippen molar-refractivity contribution in [3.05, 3.63) is 105 Å². The average Bonchev–Trinajstić information content (AvgIpc) is 3.24. The highest BCUT2D eigenvalue weighted by Crippen LogP contribution is 2.52. The highest BCUT2D eigenvalue weighted by Gasteiger charge is 2.58. The fraction of sp³-hybridized carbons (Fsp3) is 0.310. The lowest BCUT2D eigenvalue weighted by Crippen LogP contribution is -2.66. The summed E-state index contributed by atoms with van der Waals surface area (Å²) in [6.45, 7) is 2.06. The molecule has 7 heteroatoms. The molecule has 7 nitrogen and oxygen atoms in total. The van der Waals surface area contributed by atoms with Crippen molar-refractivity contribution >= 4 is 16.6 Å². The van der Waals surface area contributed by atoms with Crippen LogP contribution < -0.4 is 4.74 Å². The maximum Gasteiger partial charge on any atom is 0.279 e. The molecule has 1 fully saturated rings. The summed E-state index contributed by atoms with van der Waals surface area (Å²) in [5.74, 6) is 0.758. The number of hydrogen-bond donors (Lipinski definition) is 2. The number of β-amino-alcohol motifs (C(OH)–C–C–N with tert-alkyl or cyclic N) is 1. The van der Waals surface area contributed by atoms with Crippen molar-refractivity contribution in [2.24, 2.45) is 0 Å². The Labute approximate surface area is 209 Å². The van der Waals surface area contributed by atoms with Crippen LogP contribution in [-0.4, -0.2) is 45.7 Å². The molecule has 2 N–H and O–H groups in total. The molecular weight excluding hydrogens is 454 g/mol. The molecule has 1 aromatic heterocycles. The van der Waals surface area contributed by atoms with E-state index in [4.69, 9.17) is 4.74 Å². The summed E-state index contributed by atoms with van der Waals surface area (Å²) in [6, 6.07) is 23.4. The van der Waals surface area contributed by atoms with Gasteiger partial charge in [-0.05, 0) is 47.9 Å². The third-order valence-corrected chi connectivity index (χ3v) is 8.24. The molecule has 2 heterocycles. The van der Waals surface area contributed by atoms with E-state index in [1.54, 1.807) is 19.2 Å². The van der Waals surface area contributed by atoms with Crippen molar-refractivity contribution in [2.75, 3.05) is 20.2 Å². The van der Waals surface area contributed by atoms with E-state index < -0.39 is 11.0 Å². The molecule has 3 aromatic carbocycles. The molecule has 0 spiro atoms. The molecule has 2 aliphatic rings. The summed E-state index contributed by atoms with van der Waals surface area (Å²) in [5, 5.41) is 25.1. The van der Waals surface area contributed by atoms with E-state index in [1.165, 1.54) is 5.56 Å². The maximum atomic E-state index is 12.6. The molecule has 36 heavy (non-hydrogen) atoms.